The van der Waals surface area contributed by atoms with E-state index in [0.717, 1.165) is 42.8 Å². The van der Waals surface area contributed by atoms with Gasteiger partial charge in [0.2, 0.25) is 0 Å². The lowest BCUT2D eigenvalue weighted by atomic mass is 9.92. The summed E-state index contributed by atoms with van der Waals surface area (Å²) in [6.07, 6.45) is 2.84. The molecule has 1 aliphatic heterocycles. The van der Waals surface area contributed by atoms with Crippen molar-refractivity contribution in [2.45, 2.75) is 20.3 Å². The number of rotatable bonds is 6. The van der Waals surface area contributed by atoms with E-state index in [2.05, 4.69) is 29.3 Å². The van der Waals surface area contributed by atoms with Crippen molar-refractivity contribution >= 4 is 12.2 Å². The molecule has 0 spiro atoms. The third-order valence-corrected chi connectivity index (χ3v) is 3.91. The van der Waals surface area contributed by atoms with Crippen LogP contribution in [0, 0.1) is 11.8 Å². The summed E-state index contributed by atoms with van der Waals surface area (Å²) in [6, 6.07) is 6.90. The maximum Gasteiger partial charge on any atom is 0.332 e. The van der Waals surface area contributed by atoms with Crippen molar-refractivity contribution in [1.82, 2.24) is 10.3 Å². The van der Waals surface area contributed by atoms with Gasteiger partial charge in [-0.1, -0.05) is 26.0 Å². The Morgan fingerprint density at radius 2 is 2.09 bits per heavy atom. The molecule has 2 rings (SSSR count). The number of nitrogens with zero attached hydrogens (tertiary/aromatic N) is 2. The lowest BCUT2D eigenvalue weighted by Gasteiger charge is -2.34. The zero-order valence-electron chi connectivity index (χ0n) is 13.9. The van der Waals surface area contributed by atoms with Crippen LogP contribution in [0.5, 0.6) is 5.75 Å². The van der Waals surface area contributed by atoms with Crippen molar-refractivity contribution in [3.05, 3.63) is 29.8 Å². The average Bonchev–Trinajstić information content (AvgIpc) is 2.47. The molecule has 0 radical (unpaired) electrons. The molecule has 23 heavy (non-hydrogen) atoms. The van der Waals surface area contributed by atoms with Crippen molar-refractivity contribution < 1.29 is 9.53 Å². The van der Waals surface area contributed by atoms with E-state index in [4.69, 9.17) is 10.5 Å². The summed E-state index contributed by atoms with van der Waals surface area (Å²) in [7, 11) is 0. The number of benzene rings is 1. The third kappa shape index (κ3) is 5.90. The average molecular weight is 318 g/mol. The third-order valence-electron chi connectivity index (χ3n) is 3.91. The molecule has 2 amide bonds. The Morgan fingerprint density at radius 3 is 2.78 bits per heavy atom. The van der Waals surface area contributed by atoms with Gasteiger partial charge in [-0.25, -0.2) is 10.2 Å². The number of hydrogen-bond acceptors (Lipinski definition) is 4. The molecule has 1 aromatic carbocycles. The molecule has 1 aromatic rings. The predicted octanol–water partition coefficient (Wildman–Crippen LogP) is 2.05. The number of hydrazone groups is 1. The molecule has 126 valence electrons. The van der Waals surface area contributed by atoms with Crippen LogP contribution in [0.2, 0.25) is 0 Å². The number of carbonyl (C=O) groups is 1. The maximum absolute atomic E-state index is 10.6. The van der Waals surface area contributed by atoms with Crippen molar-refractivity contribution in [1.29, 1.82) is 0 Å². The number of ether oxygens (including phenoxy) is 1. The molecule has 0 aliphatic carbocycles. The number of likely N-dealkylation sites (tertiary alicyclic amines) is 1. The molecule has 6 heteroatoms. The van der Waals surface area contributed by atoms with E-state index in [1.54, 1.807) is 0 Å². The second kappa shape index (κ2) is 8.53. The van der Waals surface area contributed by atoms with E-state index < -0.39 is 6.03 Å². The molecular weight excluding hydrogens is 292 g/mol. The summed E-state index contributed by atoms with van der Waals surface area (Å²) >= 11 is 0. The summed E-state index contributed by atoms with van der Waals surface area (Å²) in [5.41, 5.74) is 7.97. The van der Waals surface area contributed by atoms with E-state index in [9.17, 15) is 4.79 Å². The van der Waals surface area contributed by atoms with E-state index in [1.807, 2.05) is 24.3 Å². The van der Waals surface area contributed by atoms with Gasteiger partial charge >= 0.3 is 6.03 Å². The van der Waals surface area contributed by atoms with E-state index in [1.165, 1.54) is 12.6 Å². The fourth-order valence-electron chi connectivity index (χ4n) is 3.14. The van der Waals surface area contributed by atoms with Crippen molar-refractivity contribution in [3.8, 4) is 5.75 Å². The second-order valence-corrected chi connectivity index (χ2v) is 6.33. The van der Waals surface area contributed by atoms with Crippen molar-refractivity contribution in [2.24, 2.45) is 22.7 Å². The van der Waals surface area contributed by atoms with E-state index in [-0.39, 0.29) is 0 Å². The smallest absolute Gasteiger partial charge is 0.332 e. The molecular formula is C17H26N4O2. The predicted molar refractivity (Wildman–Crippen MR) is 91.6 cm³/mol. The first-order chi connectivity index (χ1) is 11.0. The van der Waals surface area contributed by atoms with Gasteiger partial charge in [-0.3, -0.25) is 4.90 Å². The van der Waals surface area contributed by atoms with Gasteiger partial charge in [0.25, 0.3) is 0 Å². The number of primary amides is 1. The topological polar surface area (TPSA) is 79.9 Å². The van der Waals surface area contributed by atoms with Crippen LogP contribution in [0.4, 0.5) is 4.79 Å². The van der Waals surface area contributed by atoms with Crippen LogP contribution in [-0.2, 0) is 0 Å². The van der Waals surface area contributed by atoms with Gasteiger partial charge in [0.15, 0.2) is 0 Å². The first kappa shape index (κ1) is 17.3. The Balaban J connectivity index is 1.85. The normalized spacial score (nSPS) is 22.2. The molecule has 0 bridgehead atoms. The van der Waals surface area contributed by atoms with Gasteiger partial charge in [-0.15, -0.1) is 0 Å². The molecule has 2 atom stereocenters. The molecule has 1 aliphatic rings. The van der Waals surface area contributed by atoms with E-state index >= 15 is 0 Å². The highest BCUT2D eigenvalue weighted by Gasteiger charge is 2.21. The van der Waals surface area contributed by atoms with Gasteiger partial charge in [-0.05, 0) is 30.4 Å². The van der Waals surface area contributed by atoms with E-state index in [0.29, 0.717) is 6.61 Å². The Labute approximate surface area is 137 Å². The Kier molecular flexibility index (Phi) is 6.40. The number of hydrogen-bond donors (Lipinski definition) is 2. The molecule has 0 saturated carbocycles. The van der Waals surface area contributed by atoms with Gasteiger partial charge in [0.05, 0.1) is 6.21 Å². The number of carbonyl (C=O) groups excluding carboxylic acids is 1. The van der Waals surface area contributed by atoms with Crippen molar-refractivity contribution in [2.75, 3.05) is 26.2 Å². The first-order valence-electron chi connectivity index (χ1n) is 8.07. The fraction of sp³-hybridized carbons (Fsp3) is 0.529. The van der Waals surface area contributed by atoms with Crippen LogP contribution in [0.15, 0.2) is 29.4 Å². The SMILES string of the molecule is CC1CC(C)CN(CCOc2ccccc2C=NNC(N)=O)C1. The minimum atomic E-state index is -0.687. The molecule has 6 nitrogen and oxygen atoms in total. The summed E-state index contributed by atoms with van der Waals surface area (Å²) in [5, 5.41) is 3.78. The summed E-state index contributed by atoms with van der Waals surface area (Å²) in [5.74, 6) is 2.25. The number of piperidine rings is 1. The van der Waals surface area contributed by atoms with Crippen LogP contribution in [-0.4, -0.2) is 43.4 Å². The van der Waals surface area contributed by atoms with Gasteiger partial charge in [0, 0.05) is 25.2 Å². The van der Waals surface area contributed by atoms with Crippen LogP contribution < -0.4 is 15.9 Å². The fourth-order valence-corrected chi connectivity index (χ4v) is 3.14. The summed E-state index contributed by atoms with van der Waals surface area (Å²) in [6.45, 7) is 8.44. The molecule has 2 unspecified atom stereocenters. The van der Waals surface area contributed by atoms with Crippen molar-refractivity contribution in [3.63, 3.8) is 0 Å². The van der Waals surface area contributed by atoms with Gasteiger partial charge in [0.1, 0.15) is 12.4 Å². The van der Waals surface area contributed by atoms with Crippen LogP contribution >= 0.6 is 0 Å². The number of nitrogens with one attached hydrogen (secondary N) is 1. The minimum absolute atomic E-state index is 0.632. The highest BCUT2D eigenvalue weighted by Crippen LogP contribution is 2.21. The lowest BCUT2D eigenvalue weighted by molar-refractivity contribution is 0.120. The zero-order chi connectivity index (χ0) is 16.7. The van der Waals surface area contributed by atoms with Crippen LogP contribution in [0.3, 0.4) is 0 Å². The Bertz CT molecular complexity index is 537. The molecule has 3 N–H and O–H groups in total. The first-order valence-corrected chi connectivity index (χ1v) is 8.07. The molecule has 1 saturated heterocycles. The number of amides is 2. The van der Waals surface area contributed by atoms with Gasteiger partial charge in [-0.2, -0.15) is 5.10 Å². The monoisotopic (exact) mass is 318 g/mol. The molecule has 1 heterocycles. The van der Waals surface area contributed by atoms with Crippen LogP contribution in [0.1, 0.15) is 25.8 Å². The minimum Gasteiger partial charge on any atom is -0.492 e. The number of urea groups is 1. The second-order valence-electron chi connectivity index (χ2n) is 6.33. The molecule has 1 fully saturated rings. The standard InChI is InChI=1S/C17H26N4O2/c1-13-9-14(2)12-21(11-13)7-8-23-16-6-4-3-5-15(16)10-19-20-17(18)22/h3-6,10,13-14H,7-9,11-12H2,1-2H3,(H3,18,20,22). The Hall–Kier alpha value is -2.08. The molecule has 0 aromatic heterocycles. The summed E-state index contributed by atoms with van der Waals surface area (Å²) < 4.78 is 5.89. The number of para-hydroxylation sites is 1. The highest BCUT2D eigenvalue weighted by atomic mass is 16.5. The lowest BCUT2D eigenvalue weighted by Crippen LogP contribution is -2.40. The highest BCUT2D eigenvalue weighted by molar-refractivity contribution is 5.84. The summed E-state index contributed by atoms with van der Waals surface area (Å²) in [4.78, 5) is 13.1. The maximum atomic E-state index is 10.6. The Morgan fingerprint density at radius 1 is 1.39 bits per heavy atom. The largest absolute Gasteiger partial charge is 0.492 e. The quantitative estimate of drug-likeness (QED) is 0.622. The number of nitrogens with two attached hydrogens (primary N) is 1. The van der Waals surface area contributed by atoms with Gasteiger partial charge < -0.3 is 10.5 Å². The van der Waals surface area contributed by atoms with Crippen LogP contribution in [0.25, 0.3) is 0 Å². The zero-order valence-corrected chi connectivity index (χ0v) is 13.9.